The van der Waals surface area contributed by atoms with Crippen LogP contribution in [0.2, 0.25) is 0 Å². The maximum absolute atomic E-state index is 13.5. The van der Waals surface area contributed by atoms with Gasteiger partial charge in [-0.15, -0.1) is 0 Å². The molecular formula is C24H19NO5. The molecule has 0 unspecified atom stereocenters. The fraction of sp³-hybridized carbons (Fsp3) is 0.333. The zero-order chi connectivity index (χ0) is 21.0. The summed E-state index contributed by atoms with van der Waals surface area (Å²) in [6, 6.07) is 12.8. The number of benzene rings is 2. The molecule has 0 N–H and O–H groups in total. The highest BCUT2D eigenvalue weighted by Crippen LogP contribution is 2.77. The normalized spacial score (nSPS) is 32.9. The van der Waals surface area contributed by atoms with E-state index in [2.05, 4.69) is 0 Å². The molecule has 2 bridgehead atoms. The molecule has 1 heterocycles. The minimum Gasteiger partial charge on any atom is -0.392 e. The van der Waals surface area contributed by atoms with E-state index >= 15 is 0 Å². The van der Waals surface area contributed by atoms with E-state index in [-0.39, 0.29) is 11.6 Å². The maximum atomic E-state index is 13.5. The van der Waals surface area contributed by atoms with Gasteiger partial charge in [0.2, 0.25) is 0 Å². The molecule has 0 radical (unpaired) electrons. The second kappa shape index (κ2) is 5.25. The van der Waals surface area contributed by atoms with E-state index in [0.717, 1.165) is 33.4 Å². The zero-order valence-electron chi connectivity index (χ0n) is 16.6. The maximum Gasteiger partial charge on any atom is 0.322 e. The number of hydrogen-bond donors (Lipinski definition) is 0. The van der Waals surface area contributed by atoms with Crippen LogP contribution in [0.3, 0.4) is 0 Å². The van der Waals surface area contributed by atoms with Gasteiger partial charge in [0, 0.05) is 24.0 Å². The van der Waals surface area contributed by atoms with Gasteiger partial charge in [-0.3, -0.25) is 19.7 Å². The summed E-state index contributed by atoms with van der Waals surface area (Å²) in [6.07, 6.45) is 0.899. The number of nitro benzene ring substituents is 1. The lowest BCUT2D eigenvalue weighted by Gasteiger charge is -2.60. The third-order valence-corrected chi connectivity index (χ3v) is 8.03. The Morgan fingerprint density at radius 3 is 1.90 bits per heavy atom. The number of non-ortho nitro benzene ring substituents is 1. The van der Waals surface area contributed by atoms with E-state index in [9.17, 15) is 19.7 Å². The van der Waals surface area contributed by atoms with Crippen LogP contribution in [0.1, 0.15) is 60.8 Å². The second-order valence-electron chi connectivity index (χ2n) is 9.10. The van der Waals surface area contributed by atoms with Crippen molar-refractivity contribution in [1.82, 2.24) is 0 Å². The first kappa shape index (κ1) is 17.6. The number of allylic oxidation sites excluding steroid dienone is 2. The van der Waals surface area contributed by atoms with Gasteiger partial charge >= 0.3 is 11.9 Å². The van der Waals surface area contributed by atoms with Crippen molar-refractivity contribution in [2.24, 2.45) is 10.8 Å². The highest BCUT2D eigenvalue weighted by molar-refractivity contribution is 6.06. The van der Waals surface area contributed by atoms with Crippen LogP contribution in [0.5, 0.6) is 0 Å². The van der Waals surface area contributed by atoms with Crippen LogP contribution >= 0.6 is 0 Å². The lowest BCUT2D eigenvalue weighted by Crippen LogP contribution is -2.60. The number of nitrogens with zero attached hydrogens (tertiary/aromatic N) is 1. The largest absolute Gasteiger partial charge is 0.392 e. The molecule has 0 amide bonds. The molecule has 2 aromatic rings. The number of carbonyl (C=O) groups is 2. The molecule has 4 aliphatic carbocycles. The molecule has 0 aromatic heterocycles. The Hall–Kier alpha value is -3.28. The Morgan fingerprint density at radius 1 is 0.867 bits per heavy atom. The molecule has 5 aliphatic rings. The molecule has 6 heteroatoms. The van der Waals surface area contributed by atoms with Crippen molar-refractivity contribution < 1.29 is 19.2 Å². The SMILES string of the molecule is CC1=C(C)C[C@]23C(=O)OC(=O)[C@@]2(C1)[C@@H]1c2ccccc2[C@H]3c2cc([N+](=O)[O-])ccc21. The first-order valence-electron chi connectivity index (χ1n) is 10.1. The Balaban J connectivity index is 1.78. The summed E-state index contributed by atoms with van der Waals surface area (Å²) in [5.74, 6) is -1.75. The highest BCUT2D eigenvalue weighted by Gasteiger charge is 2.79. The van der Waals surface area contributed by atoms with Gasteiger partial charge in [0.1, 0.15) is 10.8 Å². The molecule has 0 saturated carbocycles. The average Bonchev–Trinajstić information content (AvgIpc) is 2.95. The topological polar surface area (TPSA) is 86.5 Å². The molecular weight excluding hydrogens is 382 g/mol. The fourth-order valence-electron chi connectivity index (χ4n) is 6.81. The summed E-state index contributed by atoms with van der Waals surface area (Å²) >= 11 is 0. The third-order valence-electron chi connectivity index (χ3n) is 8.03. The van der Waals surface area contributed by atoms with Gasteiger partial charge < -0.3 is 4.74 Å². The van der Waals surface area contributed by atoms with Crippen molar-refractivity contribution in [2.75, 3.05) is 0 Å². The number of ether oxygens (including phenoxy) is 1. The number of cyclic esters (lactones) is 2. The fourth-order valence-corrected chi connectivity index (χ4v) is 6.81. The predicted octanol–water partition coefficient (Wildman–Crippen LogP) is 4.37. The Bertz CT molecular complexity index is 1240. The Labute approximate surface area is 172 Å². The van der Waals surface area contributed by atoms with Crippen LogP contribution < -0.4 is 0 Å². The molecule has 30 heavy (non-hydrogen) atoms. The number of esters is 2. The minimum atomic E-state index is -1.06. The summed E-state index contributed by atoms with van der Waals surface area (Å²) in [5, 5.41) is 11.5. The molecule has 1 aliphatic heterocycles. The van der Waals surface area contributed by atoms with E-state index < -0.39 is 33.6 Å². The number of carbonyl (C=O) groups excluding carboxylic acids is 2. The molecule has 2 aromatic carbocycles. The van der Waals surface area contributed by atoms with Crippen LogP contribution in [0.4, 0.5) is 5.69 Å². The van der Waals surface area contributed by atoms with Crippen molar-refractivity contribution in [3.05, 3.63) is 86.0 Å². The van der Waals surface area contributed by atoms with Crippen LogP contribution in [-0.4, -0.2) is 16.9 Å². The first-order chi connectivity index (χ1) is 14.3. The average molecular weight is 401 g/mol. The Kier molecular flexibility index (Phi) is 3.07. The number of hydrogen-bond acceptors (Lipinski definition) is 5. The van der Waals surface area contributed by atoms with E-state index in [1.54, 1.807) is 12.1 Å². The summed E-state index contributed by atoms with van der Waals surface area (Å²) in [5.41, 5.74) is 3.83. The van der Waals surface area contributed by atoms with Gasteiger partial charge in [-0.25, -0.2) is 0 Å². The molecule has 1 saturated heterocycles. The summed E-state index contributed by atoms with van der Waals surface area (Å²) in [4.78, 5) is 38.0. The van der Waals surface area contributed by atoms with Gasteiger partial charge in [0.05, 0.1) is 4.92 Å². The lowest BCUT2D eigenvalue weighted by molar-refractivity contribution is -0.385. The molecule has 4 atom stereocenters. The van der Waals surface area contributed by atoms with Crippen LogP contribution in [0, 0.1) is 20.9 Å². The summed E-state index contributed by atoms with van der Waals surface area (Å²) < 4.78 is 5.42. The van der Waals surface area contributed by atoms with Crippen molar-refractivity contribution >= 4 is 17.6 Å². The van der Waals surface area contributed by atoms with Crippen molar-refractivity contribution in [1.29, 1.82) is 0 Å². The van der Waals surface area contributed by atoms with E-state index in [1.807, 2.05) is 38.1 Å². The minimum absolute atomic E-state index is 0.00211. The summed E-state index contributed by atoms with van der Waals surface area (Å²) in [6.45, 7) is 4.03. The van der Waals surface area contributed by atoms with Crippen molar-refractivity contribution in [3.63, 3.8) is 0 Å². The van der Waals surface area contributed by atoms with Crippen molar-refractivity contribution in [2.45, 2.75) is 38.5 Å². The number of nitro groups is 1. The van der Waals surface area contributed by atoms with E-state index in [1.165, 1.54) is 6.07 Å². The molecule has 6 nitrogen and oxygen atoms in total. The highest BCUT2D eigenvalue weighted by atomic mass is 16.6. The van der Waals surface area contributed by atoms with Crippen molar-refractivity contribution in [3.8, 4) is 0 Å². The van der Waals surface area contributed by atoms with E-state index in [4.69, 9.17) is 4.74 Å². The second-order valence-corrected chi connectivity index (χ2v) is 9.10. The quantitative estimate of drug-likeness (QED) is 0.233. The lowest BCUT2D eigenvalue weighted by atomic mass is 9.37. The van der Waals surface area contributed by atoms with Gasteiger partial charge in [0.15, 0.2) is 0 Å². The van der Waals surface area contributed by atoms with Gasteiger partial charge in [0.25, 0.3) is 5.69 Å². The van der Waals surface area contributed by atoms with Crippen LogP contribution in [-0.2, 0) is 14.3 Å². The molecule has 0 spiro atoms. The molecule has 1 fully saturated rings. The standard InChI is InChI=1S/C24H19NO5/c1-12-10-23-19-15-5-3-4-6-16(15)20(18-9-14(25(28)29)7-8-17(18)19)24(23,11-13(12)2)22(27)30-21(23)26/h3-9,19-20H,10-11H2,1-2H3/t19-,20+,23-,24+/m1/s1. The Morgan fingerprint density at radius 2 is 1.37 bits per heavy atom. The predicted molar refractivity (Wildman–Crippen MR) is 107 cm³/mol. The van der Waals surface area contributed by atoms with Crippen LogP contribution in [0.25, 0.3) is 0 Å². The zero-order valence-corrected chi connectivity index (χ0v) is 16.6. The summed E-state index contributed by atoms with van der Waals surface area (Å²) in [7, 11) is 0. The monoisotopic (exact) mass is 401 g/mol. The van der Waals surface area contributed by atoms with Crippen LogP contribution in [0.15, 0.2) is 53.6 Å². The number of rotatable bonds is 1. The van der Waals surface area contributed by atoms with Gasteiger partial charge in [-0.05, 0) is 48.9 Å². The third kappa shape index (κ3) is 1.65. The molecule has 7 rings (SSSR count). The van der Waals surface area contributed by atoms with Gasteiger partial charge in [-0.2, -0.15) is 0 Å². The van der Waals surface area contributed by atoms with Gasteiger partial charge in [-0.1, -0.05) is 41.5 Å². The molecule has 150 valence electrons. The smallest absolute Gasteiger partial charge is 0.322 e. The van der Waals surface area contributed by atoms with E-state index in [0.29, 0.717) is 12.8 Å². The first-order valence-corrected chi connectivity index (χ1v) is 10.1.